The lowest BCUT2D eigenvalue weighted by atomic mass is 10.0. The molecule has 1 saturated carbocycles. The van der Waals surface area contributed by atoms with Gasteiger partial charge in [-0.1, -0.05) is 17.7 Å². The Morgan fingerprint density at radius 3 is 2.60 bits per heavy atom. The van der Waals surface area contributed by atoms with E-state index in [4.69, 9.17) is 16.3 Å². The number of amides is 2. The summed E-state index contributed by atoms with van der Waals surface area (Å²) in [5.41, 5.74) is 0.636. The maximum absolute atomic E-state index is 12.6. The molecule has 2 fully saturated rings. The zero-order valence-electron chi connectivity index (χ0n) is 14.4. The molecule has 3 rings (SSSR count). The SMILES string of the molecule is Cc1ccc(NC(=O)C2(C(=O)NCCN3CCOCC3)CC2)cc1Cl. The zero-order valence-corrected chi connectivity index (χ0v) is 15.2. The highest BCUT2D eigenvalue weighted by molar-refractivity contribution is 6.31. The summed E-state index contributed by atoms with van der Waals surface area (Å²) in [4.78, 5) is 27.3. The van der Waals surface area contributed by atoms with E-state index in [1.165, 1.54) is 0 Å². The first-order chi connectivity index (χ1) is 12.0. The molecule has 0 atom stereocenters. The lowest BCUT2D eigenvalue weighted by molar-refractivity contribution is -0.134. The molecule has 0 spiro atoms. The molecular weight excluding hydrogens is 342 g/mol. The number of carbonyl (C=O) groups excluding carboxylic acids is 2. The smallest absolute Gasteiger partial charge is 0.240 e. The Morgan fingerprint density at radius 2 is 1.96 bits per heavy atom. The Balaban J connectivity index is 1.50. The Labute approximate surface area is 152 Å². The minimum atomic E-state index is -0.928. The number of morpholine rings is 1. The number of ether oxygens (including phenoxy) is 1. The van der Waals surface area contributed by atoms with Gasteiger partial charge < -0.3 is 15.4 Å². The van der Waals surface area contributed by atoms with Crippen LogP contribution in [0.15, 0.2) is 18.2 Å². The molecule has 1 aromatic rings. The van der Waals surface area contributed by atoms with Gasteiger partial charge in [0.15, 0.2) is 0 Å². The van der Waals surface area contributed by atoms with Crippen molar-refractivity contribution < 1.29 is 14.3 Å². The molecule has 1 aliphatic carbocycles. The molecule has 136 valence electrons. The fraction of sp³-hybridized carbons (Fsp3) is 0.556. The molecule has 6 nitrogen and oxygen atoms in total. The Bertz CT molecular complexity index is 655. The van der Waals surface area contributed by atoms with E-state index < -0.39 is 5.41 Å². The summed E-state index contributed by atoms with van der Waals surface area (Å²) in [6, 6.07) is 5.35. The average Bonchev–Trinajstić information content (AvgIpc) is 3.41. The largest absolute Gasteiger partial charge is 0.379 e. The van der Waals surface area contributed by atoms with Crippen molar-refractivity contribution >= 4 is 29.1 Å². The summed E-state index contributed by atoms with van der Waals surface area (Å²) in [7, 11) is 0. The van der Waals surface area contributed by atoms with Gasteiger partial charge in [0.25, 0.3) is 0 Å². The molecule has 0 radical (unpaired) electrons. The van der Waals surface area contributed by atoms with E-state index in [2.05, 4.69) is 15.5 Å². The number of anilines is 1. The topological polar surface area (TPSA) is 70.7 Å². The van der Waals surface area contributed by atoms with Gasteiger partial charge in [-0.15, -0.1) is 0 Å². The number of benzene rings is 1. The van der Waals surface area contributed by atoms with Crippen LogP contribution in [0.3, 0.4) is 0 Å². The number of hydrogen-bond acceptors (Lipinski definition) is 4. The van der Waals surface area contributed by atoms with Crippen molar-refractivity contribution in [3.8, 4) is 0 Å². The van der Waals surface area contributed by atoms with Crippen molar-refractivity contribution in [3.63, 3.8) is 0 Å². The van der Waals surface area contributed by atoms with Crippen molar-refractivity contribution in [1.29, 1.82) is 0 Å². The molecule has 0 aromatic heterocycles. The first kappa shape index (κ1) is 18.2. The fourth-order valence-electron chi connectivity index (χ4n) is 2.93. The van der Waals surface area contributed by atoms with E-state index in [9.17, 15) is 9.59 Å². The second-order valence-corrected chi connectivity index (χ2v) is 7.12. The predicted molar refractivity (Wildman–Crippen MR) is 96.8 cm³/mol. The highest BCUT2D eigenvalue weighted by Gasteiger charge is 2.56. The average molecular weight is 366 g/mol. The van der Waals surface area contributed by atoms with Gasteiger partial charge in [-0.05, 0) is 37.5 Å². The van der Waals surface area contributed by atoms with Crippen LogP contribution in [0.4, 0.5) is 5.69 Å². The Morgan fingerprint density at radius 1 is 1.24 bits per heavy atom. The van der Waals surface area contributed by atoms with Gasteiger partial charge in [0, 0.05) is 36.9 Å². The molecule has 25 heavy (non-hydrogen) atoms. The van der Waals surface area contributed by atoms with E-state index in [1.807, 2.05) is 13.0 Å². The number of carbonyl (C=O) groups is 2. The van der Waals surface area contributed by atoms with Gasteiger partial charge >= 0.3 is 0 Å². The lowest BCUT2D eigenvalue weighted by Crippen LogP contribution is -2.45. The first-order valence-electron chi connectivity index (χ1n) is 8.67. The molecular formula is C18H24ClN3O3. The molecule has 0 bridgehead atoms. The Hall–Kier alpha value is -1.63. The molecule has 1 aliphatic heterocycles. The molecule has 1 heterocycles. The second-order valence-electron chi connectivity index (χ2n) is 6.71. The van der Waals surface area contributed by atoms with Crippen LogP contribution in [0.5, 0.6) is 0 Å². The van der Waals surface area contributed by atoms with Crippen molar-refractivity contribution in [2.24, 2.45) is 5.41 Å². The number of aryl methyl sites for hydroxylation is 1. The minimum absolute atomic E-state index is 0.184. The molecule has 2 N–H and O–H groups in total. The maximum atomic E-state index is 12.6. The fourth-order valence-corrected chi connectivity index (χ4v) is 3.11. The summed E-state index contributed by atoms with van der Waals surface area (Å²) < 4.78 is 5.30. The quantitative estimate of drug-likeness (QED) is 0.754. The number of nitrogens with one attached hydrogen (secondary N) is 2. The maximum Gasteiger partial charge on any atom is 0.240 e. The standard InChI is InChI=1S/C18H24ClN3O3/c1-13-2-3-14(12-15(13)19)21-17(24)18(4-5-18)16(23)20-6-7-22-8-10-25-11-9-22/h2-3,12H,4-11H2,1H3,(H,20,23)(H,21,24). The summed E-state index contributed by atoms with van der Waals surface area (Å²) in [6.45, 7) is 6.47. The minimum Gasteiger partial charge on any atom is -0.379 e. The summed E-state index contributed by atoms with van der Waals surface area (Å²) in [6.07, 6.45) is 1.17. The van der Waals surface area contributed by atoms with Gasteiger partial charge in [0.05, 0.1) is 13.2 Å². The molecule has 2 aliphatic rings. The van der Waals surface area contributed by atoms with E-state index in [0.29, 0.717) is 30.1 Å². The number of halogens is 1. The monoisotopic (exact) mass is 365 g/mol. The van der Waals surface area contributed by atoms with E-state index in [1.54, 1.807) is 12.1 Å². The van der Waals surface area contributed by atoms with Crippen LogP contribution in [0, 0.1) is 12.3 Å². The number of rotatable bonds is 6. The van der Waals surface area contributed by atoms with Gasteiger partial charge in [-0.2, -0.15) is 0 Å². The van der Waals surface area contributed by atoms with E-state index in [0.717, 1.165) is 38.4 Å². The lowest BCUT2D eigenvalue weighted by Gasteiger charge is -2.26. The molecule has 2 amide bonds. The van der Waals surface area contributed by atoms with Crippen molar-refractivity contribution in [1.82, 2.24) is 10.2 Å². The third-order valence-corrected chi connectivity index (χ3v) is 5.27. The summed E-state index contributed by atoms with van der Waals surface area (Å²) in [5, 5.41) is 6.33. The van der Waals surface area contributed by atoms with Gasteiger partial charge in [0.2, 0.25) is 11.8 Å². The highest BCUT2D eigenvalue weighted by Crippen LogP contribution is 2.46. The summed E-state index contributed by atoms with van der Waals surface area (Å²) in [5.74, 6) is -0.437. The first-order valence-corrected chi connectivity index (χ1v) is 9.05. The predicted octanol–water partition coefficient (Wildman–Crippen LogP) is 1.82. The Kier molecular flexibility index (Phi) is 5.61. The van der Waals surface area contributed by atoms with Crippen molar-refractivity contribution in [2.45, 2.75) is 19.8 Å². The van der Waals surface area contributed by atoms with Crippen LogP contribution >= 0.6 is 11.6 Å². The normalized spacial score (nSPS) is 19.3. The van der Waals surface area contributed by atoms with Crippen LogP contribution in [0.25, 0.3) is 0 Å². The molecule has 0 unspecified atom stereocenters. The van der Waals surface area contributed by atoms with Crippen molar-refractivity contribution in [2.75, 3.05) is 44.7 Å². The van der Waals surface area contributed by atoms with Crippen LogP contribution < -0.4 is 10.6 Å². The molecule has 1 aromatic carbocycles. The van der Waals surface area contributed by atoms with Gasteiger partial charge in [-0.25, -0.2) is 0 Å². The summed E-state index contributed by atoms with van der Waals surface area (Å²) >= 11 is 6.09. The van der Waals surface area contributed by atoms with Gasteiger partial charge in [0.1, 0.15) is 5.41 Å². The van der Waals surface area contributed by atoms with Gasteiger partial charge in [-0.3, -0.25) is 14.5 Å². The van der Waals surface area contributed by atoms with Crippen LogP contribution in [-0.4, -0.2) is 56.1 Å². The zero-order chi connectivity index (χ0) is 17.9. The molecule has 1 saturated heterocycles. The third kappa shape index (κ3) is 4.32. The highest BCUT2D eigenvalue weighted by atomic mass is 35.5. The van der Waals surface area contributed by atoms with Crippen LogP contribution in [0.2, 0.25) is 5.02 Å². The third-order valence-electron chi connectivity index (χ3n) is 4.87. The van der Waals surface area contributed by atoms with E-state index in [-0.39, 0.29) is 11.8 Å². The molecule has 7 heteroatoms. The van der Waals surface area contributed by atoms with Crippen LogP contribution in [0.1, 0.15) is 18.4 Å². The number of hydrogen-bond donors (Lipinski definition) is 2. The second kappa shape index (κ2) is 7.72. The van der Waals surface area contributed by atoms with E-state index >= 15 is 0 Å². The number of nitrogens with zero attached hydrogens (tertiary/aromatic N) is 1. The van der Waals surface area contributed by atoms with Crippen molar-refractivity contribution in [3.05, 3.63) is 28.8 Å². The van der Waals surface area contributed by atoms with Crippen LogP contribution in [-0.2, 0) is 14.3 Å².